The van der Waals surface area contributed by atoms with Crippen LogP contribution >= 0.6 is 0 Å². The van der Waals surface area contributed by atoms with Gasteiger partial charge in [0.2, 0.25) is 0 Å². The Labute approximate surface area is 311 Å². The lowest BCUT2D eigenvalue weighted by atomic mass is 9.78. The van der Waals surface area contributed by atoms with Crippen LogP contribution in [0.1, 0.15) is 42.9 Å². The van der Waals surface area contributed by atoms with Crippen LogP contribution in [0.3, 0.4) is 0 Å². The molecule has 53 heavy (non-hydrogen) atoms. The predicted octanol–water partition coefficient (Wildman–Crippen LogP) is 13.5. The van der Waals surface area contributed by atoms with E-state index < -0.39 is 0 Å². The Balaban J connectivity index is 1.11. The normalized spacial score (nSPS) is 15.7. The van der Waals surface area contributed by atoms with E-state index >= 15 is 0 Å². The summed E-state index contributed by atoms with van der Waals surface area (Å²) < 4.78 is 2.41. The van der Waals surface area contributed by atoms with E-state index in [0.717, 1.165) is 12.1 Å². The average molecular weight is 681 g/mol. The first kappa shape index (κ1) is 31.4. The maximum atomic E-state index is 2.45. The van der Waals surface area contributed by atoms with Gasteiger partial charge in [0.1, 0.15) is 0 Å². The Morgan fingerprint density at radius 1 is 0.585 bits per heavy atom. The van der Waals surface area contributed by atoms with Crippen molar-refractivity contribution >= 4 is 33.2 Å². The molecular formula is C51H40N2. The van der Waals surface area contributed by atoms with Crippen molar-refractivity contribution in [3.8, 4) is 27.9 Å². The van der Waals surface area contributed by atoms with Gasteiger partial charge in [0, 0.05) is 44.9 Å². The molecule has 0 saturated heterocycles. The lowest BCUT2D eigenvalue weighted by molar-refractivity contribution is 0.662. The van der Waals surface area contributed by atoms with Crippen LogP contribution in [-0.2, 0) is 5.41 Å². The average Bonchev–Trinajstić information content (AvgIpc) is 3.68. The fraction of sp³-hybridized carbons (Fsp3) is 0.0980. The van der Waals surface area contributed by atoms with Crippen LogP contribution in [0.15, 0.2) is 194 Å². The summed E-state index contributed by atoms with van der Waals surface area (Å²) in [6.45, 7) is 4.76. The maximum absolute atomic E-state index is 2.45. The van der Waals surface area contributed by atoms with Gasteiger partial charge in [-0.15, -0.1) is 0 Å². The third kappa shape index (κ3) is 5.01. The topological polar surface area (TPSA) is 8.17 Å². The number of anilines is 2. The first-order valence-corrected chi connectivity index (χ1v) is 18.7. The highest BCUT2D eigenvalue weighted by Gasteiger charge is 2.38. The molecule has 0 saturated carbocycles. The Morgan fingerprint density at radius 3 is 2.02 bits per heavy atom. The van der Waals surface area contributed by atoms with Crippen molar-refractivity contribution in [3.05, 3.63) is 210 Å². The fourth-order valence-corrected chi connectivity index (χ4v) is 9.13. The smallest absolute Gasteiger partial charge is 0.0544 e. The molecule has 0 radical (unpaired) electrons. The van der Waals surface area contributed by atoms with Crippen LogP contribution in [0.2, 0.25) is 0 Å². The summed E-state index contributed by atoms with van der Waals surface area (Å²) in [6.07, 6.45) is 8.13. The minimum absolute atomic E-state index is 0.116. The number of hydrogen-bond acceptors (Lipinski definition) is 1. The number of allylic oxidation sites excluding steroid dienone is 3. The Bertz CT molecular complexity index is 2710. The van der Waals surface area contributed by atoms with E-state index in [1.807, 2.05) is 0 Å². The predicted molar refractivity (Wildman–Crippen MR) is 223 cm³/mol. The van der Waals surface area contributed by atoms with Gasteiger partial charge in [0.15, 0.2) is 0 Å². The van der Waals surface area contributed by atoms with Crippen molar-refractivity contribution in [1.82, 2.24) is 4.57 Å². The maximum Gasteiger partial charge on any atom is 0.0544 e. The molecule has 2 heteroatoms. The molecule has 1 aromatic heterocycles. The Kier molecular flexibility index (Phi) is 7.33. The fourth-order valence-electron chi connectivity index (χ4n) is 9.13. The van der Waals surface area contributed by atoms with E-state index in [0.29, 0.717) is 0 Å². The summed E-state index contributed by atoms with van der Waals surface area (Å²) in [5, 5.41) is 2.64. The Hall–Kier alpha value is -6.38. The van der Waals surface area contributed by atoms with Crippen molar-refractivity contribution in [1.29, 1.82) is 0 Å². The molecule has 0 bridgehead atoms. The summed E-state index contributed by atoms with van der Waals surface area (Å²) in [7, 11) is 0. The number of aromatic nitrogens is 1. The molecule has 8 aromatic rings. The quantitative estimate of drug-likeness (QED) is 0.170. The van der Waals surface area contributed by atoms with Gasteiger partial charge < -0.3 is 9.47 Å². The van der Waals surface area contributed by atoms with Crippen LogP contribution in [0.25, 0.3) is 49.7 Å². The standard InChI is InChI=1S/C51H40N2/c1-51(2)46-26-14-12-23-42(46)45-34-40(33-44(50(45)51)35-17-6-3-7-18-35)52(37-19-8-4-9-20-37)39-31-29-36(30-32-39)41-25-16-28-48-49(41)43-24-13-15-27-47(43)53(48)38-21-10-5-11-22-38/h3-29,31-34,36H,30H2,1-2H3. The largest absolute Gasteiger partial charge is 0.311 e. The third-order valence-corrected chi connectivity index (χ3v) is 11.5. The zero-order valence-corrected chi connectivity index (χ0v) is 30.1. The van der Waals surface area contributed by atoms with Gasteiger partial charge in [-0.25, -0.2) is 0 Å². The first-order chi connectivity index (χ1) is 26.1. The van der Waals surface area contributed by atoms with Crippen molar-refractivity contribution in [2.75, 3.05) is 4.90 Å². The minimum Gasteiger partial charge on any atom is -0.311 e. The molecule has 1 unspecified atom stereocenters. The van der Waals surface area contributed by atoms with Gasteiger partial charge in [0.05, 0.1) is 11.0 Å². The van der Waals surface area contributed by atoms with E-state index in [1.165, 1.54) is 77.8 Å². The van der Waals surface area contributed by atoms with Crippen LogP contribution in [0, 0.1) is 0 Å². The SMILES string of the molecule is CC1(C)c2ccccc2-c2cc(N(C3=CCC(c4cccc5c4c4ccccc4n5-c4ccccc4)C=C3)c3ccccc3)cc(-c3ccccc3)c21. The summed E-state index contributed by atoms with van der Waals surface area (Å²) >= 11 is 0. The van der Waals surface area contributed by atoms with Crippen molar-refractivity contribution in [3.63, 3.8) is 0 Å². The number of hydrogen-bond donors (Lipinski definition) is 0. The highest BCUT2D eigenvalue weighted by Crippen LogP contribution is 2.54. The van der Waals surface area contributed by atoms with Gasteiger partial charge in [-0.3, -0.25) is 0 Å². The van der Waals surface area contributed by atoms with Crippen LogP contribution in [0.4, 0.5) is 11.4 Å². The monoisotopic (exact) mass is 680 g/mol. The van der Waals surface area contributed by atoms with E-state index in [1.54, 1.807) is 0 Å². The molecule has 1 atom stereocenters. The lowest BCUT2D eigenvalue weighted by Crippen LogP contribution is -2.19. The second-order valence-corrected chi connectivity index (χ2v) is 14.9. The lowest BCUT2D eigenvalue weighted by Gasteiger charge is -2.31. The highest BCUT2D eigenvalue weighted by atomic mass is 15.1. The van der Waals surface area contributed by atoms with Crippen molar-refractivity contribution in [2.24, 2.45) is 0 Å². The van der Waals surface area contributed by atoms with Gasteiger partial charge in [-0.1, -0.05) is 147 Å². The van der Waals surface area contributed by atoms with E-state index in [9.17, 15) is 0 Å². The molecule has 10 rings (SSSR count). The molecule has 0 fully saturated rings. The van der Waals surface area contributed by atoms with Crippen molar-refractivity contribution < 1.29 is 0 Å². The van der Waals surface area contributed by atoms with Crippen LogP contribution in [-0.4, -0.2) is 4.57 Å². The van der Waals surface area contributed by atoms with Gasteiger partial charge in [0.25, 0.3) is 0 Å². The summed E-state index contributed by atoms with van der Waals surface area (Å²) in [4.78, 5) is 2.45. The number of fused-ring (bicyclic) bond motifs is 6. The number of nitrogens with zero attached hydrogens (tertiary/aromatic N) is 2. The molecule has 0 aliphatic heterocycles. The number of benzene rings is 7. The molecule has 0 spiro atoms. The van der Waals surface area contributed by atoms with E-state index in [4.69, 9.17) is 0 Å². The molecule has 1 heterocycles. The first-order valence-electron chi connectivity index (χ1n) is 18.7. The Morgan fingerprint density at radius 2 is 1.25 bits per heavy atom. The molecule has 254 valence electrons. The second kappa shape index (κ2) is 12.4. The zero-order chi connectivity index (χ0) is 35.5. The van der Waals surface area contributed by atoms with Crippen molar-refractivity contribution in [2.45, 2.75) is 31.6 Å². The van der Waals surface area contributed by atoms with E-state index in [-0.39, 0.29) is 11.3 Å². The minimum atomic E-state index is -0.116. The van der Waals surface area contributed by atoms with Gasteiger partial charge >= 0.3 is 0 Å². The van der Waals surface area contributed by atoms with Crippen LogP contribution < -0.4 is 4.90 Å². The third-order valence-electron chi connectivity index (χ3n) is 11.5. The summed E-state index contributed by atoms with van der Waals surface area (Å²) in [5.74, 6) is 0.252. The van der Waals surface area contributed by atoms with Gasteiger partial charge in [-0.2, -0.15) is 0 Å². The summed E-state index contributed by atoms with van der Waals surface area (Å²) in [6, 6.07) is 62.0. The zero-order valence-electron chi connectivity index (χ0n) is 30.1. The second-order valence-electron chi connectivity index (χ2n) is 14.9. The number of rotatable bonds is 6. The molecule has 7 aromatic carbocycles. The molecule has 2 nitrogen and oxygen atoms in total. The molecular weight excluding hydrogens is 641 g/mol. The van der Waals surface area contributed by atoms with Gasteiger partial charge in [-0.05, 0) is 100.0 Å². The van der Waals surface area contributed by atoms with Crippen LogP contribution in [0.5, 0.6) is 0 Å². The summed E-state index contributed by atoms with van der Waals surface area (Å²) in [5.41, 5.74) is 16.4. The molecule has 0 N–H and O–H groups in total. The molecule has 0 amide bonds. The molecule has 2 aliphatic carbocycles. The number of para-hydroxylation sites is 3. The molecule has 2 aliphatic rings. The highest BCUT2D eigenvalue weighted by molar-refractivity contribution is 6.11. The van der Waals surface area contributed by atoms with E-state index in [2.05, 4.69) is 211 Å².